The van der Waals surface area contributed by atoms with Gasteiger partial charge in [-0.2, -0.15) is 0 Å². The third-order valence-corrected chi connectivity index (χ3v) is 7.00. The largest absolute Gasteiger partial charge is 0.481 e. The van der Waals surface area contributed by atoms with E-state index < -0.39 is 12.1 Å². The van der Waals surface area contributed by atoms with Crippen LogP contribution in [0.5, 0.6) is 0 Å². The summed E-state index contributed by atoms with van der Waals surface area (Å²) in [6, 6.07) is 16.5. The second kappa shape index (κ2) is 10.7. The molecule has 180 valence electrons. The van der Waals surface area contributed by atoms with Crippen molar-refractivity contribution in [3.63, 3.8) is 0 Å². The number of hydrogen-bond donors (Lipinski definition) is 2. The van der Waals surface area contributed by atoms with Crippen LogP contribution in [0, 0.1) is 5.92 Å². The number of aliphatic carboxylic acids is 1. The summed E-state index contributed by atoms with van der Waals surface area (Å²) in [5, 5.41) is 11.8. The number of rotatable bonds is 9. The Morgan fingerprint density at radius 3 is 2.29 bits per heavy atom. The number of alkyl carbamates (subject to hydrolysis) is 1. The quantitative estimate of drug-likeness (QED) is 0.573. The van der Waals surface area contributed by atoms with Crippen molar-refractivity contribution in [3.8, 4) is 11.1 Å². The fourth-order valence-electron chi connectivity index (χ4n) is 5.26. The molecule has 2 aromatic carbocycles. The summed E-state index contributed by atoms with van der Waals surface area (Å²) in [6.07, 6.45) is 2.31. The van der Waals surface area contributed by atoms with Gasteiger partial charge in [-0.1, -0.05) is 48.5 Å². The van der Waals surface area contributed by atoms with Crippen LogP contribution < -0.4 is 5.32 Å². The van der Waals surface area contributed by atoms with Crippen LogP contribution in [0.25, 0.3) is 11.1 Å². The first-order chi connectivity index (χ1) is 16.5. The number of benzene rings is 2. The summed E-state index contributed by atoms with van der Waals surface area (Å²) < 4.78 is 5.65. The maximum Gasteiger partial charge on any atom is 0.407 e. The lowest BCUT2D eigenvalue weighted by Gasteiger charge is -2.22. The number of nitrogens with zero attached hydrogens (tertiary/aromatic N) is 1. The van der Waals surface area contributed by atoms with E-state index in [0.717, 1.165) is 19.3 Å². The molecule has 0 spiro atoms. The minimum atomic E-state index is -0.903. The molecule has 2 aliphatic rings. The standard InChI is InChI=1S/C27H32N2O5/c1-2-29(14-13-26(31)32)25(30)16-18-11-12-19(15-18)28-27(33)34-17-24-22-9-5-3-7-20(22)21-8-4-6-10-23(21)24/h3-10,18-19,24H,2,11-17H2,1H3,(H,28,33)(H,31,32). The third kappa shape index (κ3) is 5.41. The molecule has 2 unspecified atom stereocenters. The number of carbonyl (C=O) groups is 3. The Kier molecular flexibility index (Phi) is 7.50. The monoisotopic (exact) mass is 464 g/mol. The molecule has 0 heterocycles. The van der Waals surface area contributed by atoms with Crippen LogP contribution in [0.3, 0.4) is 0 Å². The molecule has 2 aliphatic carbocycles. The summed E-state index contributed by atoms with van der Waals surface area (Å²) in [4.78, 5) is 37.5. The molecule has 0 aromatic heterocycles. The van der Waals surface area contributed by atoms with Gasteiger partial charge >= 0.3 is 12.1 Å². The molecule has 2 amide bonds. The first-order valence-electron chi connectivity index (χ1n) is 12.1. The lowest BCUT2D eigenvalue weighted by Crippen LogP contribution is -2.35. The van der Waals surface area contributed by atoms with Crippen LogP contribution in [-0.2, 0) is 14.3 Å². The van der Waals surface area contributed by atoms with Crippen LogP contribution in [0.4, 0.5) is 4.79 Å². The topological polar surface area (TPSA) is 95.9 Å². The smallest absolute Gasteiger partial charge is 0.407 e. The molecular formula is C27H32N2O5. The van der Waals surface area contributed by atoms with E-state index in [-0.39, 0.29) is 43.4 Å². The summed E-state index contributed by atoms with van der Waals surface area (Å²) in [7, 11) is 0. The van der Waals surface area contributed by atoms with E-state index in [1.54, 1.807) is 4.90 Å². The predicted octanol–water partition coefficient (Wildman–Crippen LogP) is 4.41. The summed E-state index contributed by atoms with van der Waals surface area (Å²) in [5.41, 5.74) is 4.75. The number of ether oxygens (including phenoxy) is 1. The number of carboxylic acid groups (broad SMARTS) is 1. The summed E-state index contributed by atoms with van der Waals surface area (Å²) >= 11 is 0. The zero-order chi connectivity index (χ0) is 24.1. The van der Waals surface area contributed by atoms with Crippen LogP contribution >= 0.6 is 0 Å². The molecule has 4 rings (SSSR count). The molecule has 2 aromatic rings. The van der Waals surface area contributed by atoms with E-state index in [1.807, 2.05) is 31.2 Å². The van der Waals surface area contributed by atoms with Gasteiger partial charge < -0.3 is 20.1 Å². The molecule has 7 heteroatoms. The number of fused-ring (bicyclic) bond motifs is 3. The minimum Gasteiger partial charge on any atom is -0.481 e. The van der Waals surface area contributed by atoms with E-state index in [9.17, 15) is 14.4 Å². The van der Waals surface area contributed by atoms with Crippen molar-refractivity contribution in [1.29, 1.82) is 0 Å². The third-order valence-electron chi connectivity index (χ3n) is 7.00. The normalized spacial score (nSPS) is 18.7. The Labute approximate surface area is 200 Å². The molecule has 2 N–H and O–H groups in total. The Morgan fingerprint density at radius 2 is 1.68 bits per heavy atom. The summed E-state index contributed by atoms with van der Waals surface area (Å²) in [6.45, 7) is 2.87. The van der Waals surface area contributed by atoms with Gasteiger partial charge in [-0.25, -0.2) is 4.79 Å². The van der Waals surface area contributed by atoms with Gasteiger partial charge in [0.05, 0.1) is 6.42 Å². The van der Waals surface area contributed by atoms with Gasteiger partial charge in [-0.05, 0) is 54.4 Å². The molecule has 2 atom stereocenters. The van der Waals surface area contributed by atoms with E-state index >= 15 is 0 Å². The predicted molar refractivity (Wildman–Crippen MR) is 128 cm³/mol. The number of hydrogen-bond acceptors (Lipinski definition) is 4. The minimum absolute atomic E-state index is 0.0115. The first-order valence-corrected chi connectivity index (χ1v) is 12.1. The zero-order valence-corrected chi connectivity index (χ0v) is 19.5. The first kappa shape index (κ1) is 23.8. The van der Waals surface area contributed by atoms with Crippen LogP contribution in [0.15, 0.2) is 48.5 Å². The molecule has 0 saturated heterocycles. The fraction of sp³-hybridized carbons (Fsp3) is 0.444. The molecule has 1 saturated carbocycles. The van der Waals surface area contributed by atoms with Crippen molar-refractivity contribution >= 4 is 18.0 Å². The number of carbonyl (C=O) groups excluding carboxylic acids is 2. The molecule has 1 fully saturated rings. The van der Waals surface area contributed by atoms with E-state index in [4.69, 9.17) is 9.84 Å². The van der Waals surface area contributed by atoms with E-state index in [0.29, 0.717) is 13.0 Å². The second-order valence-corrected chi connectivity index (χ2v) is 9.17. The van der Waals surface area contributed by atoms with Gasteiger partial charge in [0.2, 0.25) is 5.91 Å². The molecule has 7 nitrogen and oxygen atoms in total. The molecule has 34 heavy (non-hydrogen) atoms. The molecular weight excluding hydrogens is 432 g/mol. The van der Waals surface area contributed by atoms with Crippen molar-refractivity contribution in [1.82, 2.24) is 10.2 Å². The Bertz CT molecular complexity index is 1010. The van der Waals surface area contributed by atoms with Crippen LogP contribution in [0.1, 0.15) is 56.1 Å². The van der Waals surface area contributed by atoms with Crippen molar-refractivity contribution in [2.45, 2.75) is 51.0 Å². The van der Waals surface area contributed by atoms with Crippen molar-refractivity contribution in [3.05, 3.63) is 59.7 Å². The van der Waals surface area contributed by atoms with Gasteiger partial charge in [-0.3, -0.25) is 9.59 Å². The molecule has 0 aliphatic heterocycles. The van der Waals surface area contributed by atoms with Gasteiger partial charge in [-0.15, -0.1) is 0 Å². The average molecular weight is 465 g/mol. The number of nitrogens with one attached hydrogen (secondary N) is 1. The van der Waals surface area contributed by atoms with Gasteiger partial charge in [0.25, 0.3) is 0 Å². The highest BCUT2D eigenvalue weighted by atomic mass is 16.5. The maximum absolute atomic E-state index is 12.5. The van der Waals surface area contributed by atoms with Gasteiger partial charge in [0.1, 0.15) is 6.61 Å². The number of carboxylic acids is 1. The average Bonchev–Trinajstić information content (AvgIpc) is 3.39. The van der Waals surface area contributed by atoms with Crippen molar-refractivity contribution < 1.29 is 24.2 Å². The van der Waals surface area contributed by atoms with Crippen molar-refractivity contribution in [2.75, 3.05) is 19.7 Å². The molecule has 0 radical (unpaired) electrons. The highest BCUT2D eigenvalue weighted by Gasteiger charge is 2.31. The van der Waals surface area contributed by atoms with Crippen molar-refractivity contribution in [2.24, 2.45) is 5.92 Å². The molecule has 0 bridgehead atoms. The Balaban J connectivity index is 1.26. The SMILES string of the molecule is CCN(CCC(=O)O)C(=O)CC1CCC(NC(=O)OCC2c3ccccc3-c3ccccc32)C1. The summed E-state index contributed by atoms with van der Waals surface area (Å²) in [5.74, 6) is -0.710. The zero-order valence-electron chi connectivity index (χ0n) is 19.5. The lowest BCUT2D eigenvalue weighted by molar-refractivity contribution is -0.138. The van der Waals surface area contributed by atoms with Crippen LogP contribution in [-0.4, -0.2) is 53.7 Å². The highest BCUT2D eigenvalue weighted by molar-refractivity contribution is 5.79. The Morgan fingerprint density at radius 1 is 1.03 bits per heavy atom. The van der Waals surface area contributed by atoms with Gasteiger partial charge in [0.15, 0.2) is 0 Å². The highest BCUT2D eigenvalue weighted by Crippen LogP contribution is 2.44. The van der Waals surface area contributed by atoms with Gasteiger partial charge in [0, 0.05) is 31.5 Å². The second-order valence-electron chi connectivity index (χ2n) is 9.17. The van der Waals surface area contributed by atoms with E-state index in [1.165, 1.54) is 22.3 Å². The number of amides is 2. The van der Waals surface area contributed by atoms with E-state index in [2.05, 4.69) is 29.6 Å². The van der Waals surface area contributed by atoms with Crippen LogP contribution in [0.2, 0.25) is 0 Å². The maximum atomic E-state index is 12.5. The fourth-order valence-corrected chi connectivity index (χ4v) is 5.26. The lowest BCUT2D eigenvalue weighted by atomic mass is 9.98. The Hall–Kier alpha value is -3.35.